The molecule has 0 amide bonds. The molecule has 66 valence electrons. The Hall–Kier alpha value is -0.110. The second kappa shape index (κ2) is 3.53. The Morgan fingerprint density at radius 1 is 1.55 bits per heavy atom. The lowest BCUT2D eigenvalue weighted by molar-refractivity contribution is 0.0955. The van der Waals surface area contributed by atoms with E-state index in [4.69, 9.17) is 0 Å². The van der Waals surface area contributed by atoms with Crippen molar-refractivity contribution in [3.05, 3.63) is 0 Å². The van der Waals surface area contributed by atoms with Gasteiger partial charge < -0.3 is 5.32 Å². The SMILES string of the molecule is CC(C)CC1(F)CCCNC1. The summed E-state index contributed by atoms with van der Waals surface area (Å²) in [5, 5.41) is 3.11. The number of halogens is 1. The molecule has 0 aromatic carbocycles. The van der Waals surface area contributed by atoms with Crippen LogP contribution >= 0.6 is 0 Å². The Kier molecular flexibility index (Phi) is 2.88. The van der Waals surface area contributed by atoms with Gasteiger partial charge in [0.2, 0.25) is 0 Å². The highest BCUT2D eigenvalue weighted by molar-refractivity contribution is 4.86. The quantitative estimate of drug-likeness (QED) is 0.650. The van der Waals surface area contributed by atoms with Gasteiger partial charge in [0.1, 0.15) is 5.67 Å². The molecule has 1 saturated heterocycles. The van der Waals surface area contributed by atoms with E-state index in [1.807, 2.05) is 0 Å². The first-order chi connectivity index (χ1) is 5.12. The molecule has 0 aliphatic carbocycles. The fourth-order valence-electron chi connectivity index (χ4n) is 1.84. The highest BCUT2D eigenvalue weighted by Crippen LogP contribution is 2.27. The Balaban J connectivity index is 2.37. The molecule has 0 aromatic rings. The minimum Gasteiger partial charge on any atom is -0.314 e. The second-order valence-electron chi connectivity index (χ2n) is 4.03. The van der Waals surface area contributed by atoms with Crippen molar-refractivity contribution in [3.63, 3.8) is 0 Å². The van der Waals surface area contributed by atoms with Gasteiger partial charge in [0, 0.05) is 6.54 Å². The van der Waals surface area contributed by atoms with Crippen LogP contribution in [0.3, 0.4) is 0 Å². The summed E-state index contributed by atoms with van der Waals surface area (Å²) in [7, 11) is 0. The van der Waals surface area contributed by atoms with Gasteiger partial charge in [-0.2, -0.15) is 0 Å². The molecule has 1 nitrogen and oxygen atoms in total. The minimum absolute atomic E-state index is 0.472. The molecular formula is C9H18FN. The Morgan fingerprint density at radius 2 is 2.27 bits per heavy atom. The molecule has 1 fully saturated rings. The monoisotopic (exact) mass is 159 g/mol. The average molecular weight is 159 g/mol. The standard InChI is InChI=1S/C9H18FN/c1-8(2)6-9(10)4-3-5-11-7-9/h8,11H,3-7H2,1-2H3. The lowest BCUT2D eigenvalue weighted by Gasteiger charge is -2.31. The van der Waals surface area contributed by atoms with Gasteiger partial charge in [0.15, 0.2) is 0 Å². The molecule has 1 N–H and O–H groups in total. The number of alkyl halides is 1. The molecule has 1 aliphatic heterocycles. The van der Waals surface area contributed by atoms with Crippen molar-refractivity contribution in [2.24, 2.45) is 5.92 Å². The third kappa shape index (κ3) is 2.78. The molecule has 1 heterocycles. The molecule has 0 aromatic heterocycles. The van der Waals surface area contributed by atoms with E-state index in [1.54, 1.807) is 0 Å². The van der Waals surface area contributed by atoms with E-state index in [9.17, 15) is 4.39 Å². The van der Waals surface area contributed by atoms with Gasteiger partial charge in [-0.1, -0.05) is 13.8 Å². The van der Waals surface area contributed by atoms with E-state index in [0.717, 1.165) is 19.4 Å². The van der Waals surface area contributed by atoms with Gasteiger partial charge in [0.25, 0.3) is 0 Å². The normalized spacial score (nSPS) is 32.7. The van der Waals surface area contributed by atoms with Crippen molar-refractivity contribution in [1.82, 2.24) is 5.32 Å². The second-order valence-corrected chi connectivity index (χ2v) is 4.03. The van der Waals surface area contributed by atoms with Crippen molar-refractivity contribution >= 4 is 0 Å². The Labute approximate surface area is 68.4 Å². The fourth-order valence-corrected chi connectivity index (χ4v) is 1.84. The smallest absolute Gasteiger partial charge is 0.123 e. The molecule has 1 rings (SSSR count). The number of hydrogen-bond acceptors (Lipinski definition) is 1. The zero-order chi connectivity index (χ0) is 8.32. The van der Waals surface area contributed by atoms with Crippen LogP contribution in [0.4, 0.5) is 4.39 Å². The van der Waals surface area contributed by atoms with Crippen LogP contribution in [0.5, 0.6) is 0 Å². The van der Waals surface area contributed by atoms with E-state index in [0.29, 0.717) is 18.9 Å². The summed E-state index contributed by atoms with van der Waals surface area (Å²) in [6.07, 6.45) is 2.45. The molecule has 1 unspecified atom stereocenters. The summed E-state index contributed by atoms with van der Waals surface area (Å²) in [5.74, 6) is 0.472. The van der Waals surface area contributed by atoms with Crippen LogP contribution in [0.1, 0.15) is 33.1 Å². The van der Waals surface area contributed by atoms with E-state index in [2.05, 4.69) is 19.2 Å². The van der Waals surface area contributed by atoms with Crippen LogP contribution in [0.2, 0.25) is 0 Å². The van der Waals surface area contributed by atoms with Gasteiger partial charge in [-0.15, -0.1) is 0 Å². The van der Waals surface area contributed by atoms with Crippen LogP contribution in [0.15, 0.2) is 0 Å². The number of nitrogens with one attached hydrogen (secondary N) is 1. The first kappa shape index (κ1) is 8.98. The maximum atomic E-state index is 13.8. The summed E-state index contributed by atoms with van der Waals surface area (Å²) in [6.45, 7) is 5.71. The first-order valence-electron chi connectivity index (χ1n) is 4.52. The molecule has 0 bridgehead atoms. The summed E-state index contributed by atoms with van der Waals surface area (Å²) in [5.41, 5.74) is -0.910. The first-order valence-corrected chi connectivity index (χ1v) is 4.52. The molecule has 1 aliphatic rings. The molecule has 2 heteroatoms. The molecule has 0 saturated carbocycles. The maximum absolute atomic E-state index is 13.8. The van der Waals surface area contributed by atoms with E-state index < -0.39 is 5.67 Å². The zero-order valence-electron chi connectivity index (χ0n) is 7.49. The Bertz CT molecular complexity index is 117. The van der Waals surface area contributed by atoms with Crippen molar-refractivity contribution in [1.29, 1.82) is 0 Å². The molecule has 1 atom stereocenters. The van der Waals surface area contributed by atoms with Crippen LogP contribution < -0.4 is 5.32 Å². The maximum Gasteiger partial charge on any atom is 0.123 e. The van der Waals surface area contributed by atoms with E-state index in [1.165, 1.54) is 0 Å². The number of hydrogen-bond donors (Lipinski definition) is 1. The van der Waals surface area contributed by atoms with Crippen molar-refractivity contribution < 1.29 is 4.39 Å². The van der Waals surface area contributed by atoms with Gasteiger partial charge in [0.05, 0.1) is 0 Å². The molecule has 11 heavy (non-hydrogen) atoms. The molecular weight excluding hydrogens is 141 g/mol. The van der Waals surface area contributed by atoms with Crippen molar-refractivity contribution in [2.45, 2.75) is 38.8 Å². The lowest BCUT2D eigenvalue weighted by Crippen LogP contribution is -2.42. The fraction of sp³-hybridized carbons (Fsp3) is 1.00. The zero-order valence-corrected chi connectivity index (χ0v) is 7.49. The van der Waals surface area contributed by atoms with Gasteiger partial charge in [-0.05, 0) is 31.7 Å². The summed E-state index contributed by atoms with van der Waals surface area (Å²) in [6, 6.07) is 0. The number of piperidine rings is 1. The van der Waals surface area contributed by atoms with E-state index >= 15 is 0 Å². The van der Waals surface area contributed by atoms with Gasteiger partial charge in [-0.25, -0.2) is 4.39 Å². The summed E-state index contributed by atoms with van der Waals surface area (Å²) < 4.78 is 13.8. The van der Waals surface area contributed by atoms with Crippen LogP contribution in [0, 0.1) is 5.92 Å². The van der Waals surface area contributed by atoms with Crippen molar-refractivity contribution in [2.75, 3.05) is 13.1 Å². The largest absolute Gasteiger partial charge is 0.314 e. The summed E-state index contributed by atoms with van der Waals surface area (Å²) in [4.78, 5) is 0. The third-order valence-corrected chi connectivity index (χ3v) is 2.19. The Morgan fingerprint density at radius 3 is 2.73 bits per heavy atom. The number of rotatable bonds is 2. The van der Waals surface area contributed by atoms with Gasteiger partial charge >= 0.3 is 0 Å². The van der Waals surface area contributed by atoms with Crippen molar-refractivity contribution in [3.8, 4) is 0 Å². The molecule has 0 spiro atoms. The molecule has 0 radical (unpaired) electrons. The highest BCUT2D eigenvalue weighted by atomic mass is 19.1. The van der Waals surface area contributed by atoms with Gasteiger partial charge in [-0.3, -0.25) is 0 Å². The predicted octanol–water partition coefficient (Wildman–Crippen LogP) is 2.12. The van der Waals surface area contributed by atoms with E-state index in [-0.39, 0.29) is 0 Å². The summed E-state index contributed by atoms with van der Waals surface area (Å²) >= 11 is 0. The highest BCUT2D eigenvalue weighted by Gasteiger charge is 2.31. The lowest BCUT2D eigenvalue weighted by atomic mass is 9.88. The van der Waals surface area contributed by atoms with Crippen LogP contribution in [-0.2, 0) is 0 Å². The predicted molar refractivity (Wildman–Crippen MR) is 45.4 cm³/mol. The van der Waals surface area contributed by atoms with Crippen LogP contribution in [-0.4, -0.2) is 18.8 Å². The third-order valence-electron chi connectivity index (χ3n) is 2.19. The minimum atomic E-state index is -0.910. The van der Waals surface area contributed by atoms with Crippen LogP contribution in [0.25, 0.3) is 0 Å². The average Bonchev–Trinajstić information content (AvgIpc) is 1.85. The topological polar surface area (TPSA) is 12.0 Å².